The molecule has 24 heavy (non-hydrogen) atoms. The van der Waals surface area contributed by atoms with Crippen molar-refractivity contribution >= 4 is 33.4 Å². The van der Waals surface area contributed by atoms with Gasteiger partial charge in [-0.3, -0.25) is 20.0 Å². The second-order valence-electron chi connectivity index (χ2n) is 4.41. The molecule has 0 bridgehead atoms. The minimum atomic E-state index is -0.841. The second-order valence-corrected chi connectivity index (χ2v) is 6.68. The molecule has 0 spiro atoms. The molecule has 0 saturated heterocycles. The number of rotatable bonds is 5. The first-order valence-electron chi connectivity index (χ1n) is 6.35. The van der Waals surface area contributed by atoms with Crippen LogP contribution in [0.15, 0.2) is 46.2 Å². The first kappa shape index (κ1) is 17.9. The summed E-state index contributed by atoms with van der Waals surface area (Å²) in [4.78, 5) is 24.1. The predicted octanol–water partition coefficient (Wildman–Crippen LogP) is 2.14. The molecule has 8 nitrogen and oxygen atoms in total. The molecule has 0 aromatic heterocycles. The van der Waals surface area contributed by atoms with Gasteiger partial charge in [0.15, 0.2) is 0 Å². The van der Waals surface area contributed by atoms with Crippen molar-refractivity contribution in [2.75, 3.05) is 0 Å². The number of benzene rings is 2. The fourth-order valence-corrected chi connectivity index (χ4v) is 3.69. The molecule has 6 N–H and O–H groups in total. The molecular weight excluding hydrogens is 356 g/mol. The van der Waals surface area contributed by atoms with Crippen molar-refractivity contribution in [3.05, 3.63) is 47.5 Å². The van der Waals surface area contributed by atoms with Crippen molar-refractivity contribution in [2.45, 2.75) is 9.79 Å². The minimum Gasteiger partial charge on any atom is -0.507 e. The van der Waals surface area contributed by atoms with E-state index in [1.54, 1.807) is 12.1 Å². The molecule has 0 saturated carbocycles. The van der Waals surface area contributed by atoms with Crippen LogP contribution in [0.1, 0.15) is 20.7 Å². The molecule has 2 aromatic carbocycles. The van der Waals surface area contributed by atoms with Gasteiger partial charge in [0, 0.05) is 9.79 Å². The molecule has 2 aromatic rings. The quantitative estimate of drug-likeness (QED) is 0.268. The Bertz CT molecular complexity index is 718. The molecule has 0 aliphatic carbocycles. The van der Waals surface area contributed by atoms with Crippen LogP contribution in [0.3, 0.4) is 0 Å². The number of hydroxylamine groups is 2. The van der Waals surface area contributed by atoms with Crippen molar-refractivity contribution in [3.63, 3.8) is 0 Å². The average Bonchev–Trinajstić information content (AvgIpc) is 2.60. The van der Waals surface area contributed by atoms with Gasteiger partial charge in [-0.25, -0.2) is 11.0 Å². The van der Waals surface area contributed by atoms with Crippen LogP contribution in [0.2, 0.25) is 0 Å². The summed E-state index contributed by atoms with van der Waals surface area (Å²) in [5.74, 6) is -2.23. The average molecular weight is 368 g/mol. The molecule has 2 amide bonds. The van der Waals surface area contributed by atoms with Crippen LogP contribution in [-0.2, 0) is 0 Å². The standard InChI is InChI=1S/C14H12N2O6S2/c17-11-3-1-7(5-9(11)13(19)15-21)23-24-8-2-4-12(18)10(6-8)14(20)16-22/h1-6,17-18,21-22H,(H,15,19)(H,16,20). The summed E-state index contributed by atoms with van der Waals surface area (Å²) < 4.78 is 0. The SMILES string of the molecule is O=C(NO)c1cc(SSc2ccc(O)c(C(=O)NO)c2)ccc1O. The van der Waals surface area contributed by atoms with E-state index >= 15 is 0 Å². The van der Waals surface area contributed by atoms with E-state index < -0.39 is 11.8 Å². The zero-order valence-corrected chi connectivity index (χ0v) is 13.5. The van der Waals surface area contributed by atoms with E-state index in [1.807, 2.05) is 0 Å². The van der Waals surface area contributed by atoms with Crippen molar-refractivity contribution < 1.29 is 30.2 Å². The van der Waals surface area contributed by atoms with Gasteiger partial charge >= 0.3 is 0 Å². The van der Waals surface area contributed by atoms with Crippen LogP contribution in [0.25, 0.3) is 0 Å². The first-order chi connectivity index (χ1) is 11.5. The number of amides is 2. The minimum absolute atomic E-state index is 0.0887. The van der Waals surface area contributed by atoms with E-state index in [0.717, 1.165) is 0 Å². The number of nitrogens with one attached hydrogen (secondary N) is 2. The second kappa shape index (κ2) is 7.93. The van der Waals surface area contributed by atoms with Crippen molar-refractivity contribution in [1.82, 2.24) is 11.0 Å². The summed E-state index contributed by atoms with van der Waals surface area (Å²) in [7, 11) is 2.45. The molecule has 126 valence electrons. The highest BCUT2D eigenvalue weighted by molar-refractivity contribution is 8.76. The maximum Gasteiger partial charge on any atom is 0.278 e. The van der Waals surface area contributed by atoms with Gasteiger partial charge in [-0.05, 0) is 36.4 Å². The van der Waals surface area contributed by atoms with Gasteiger partial charge in [0.25, 0.3) is 11.8 Å². The van der Waals surface area contributed by atoms with E-state index in [2.05, 4.69) is 0 Å². The van der Waals surface area contributed by atoms with Gasteiger partial charge < -0.3 is 10.2 Å². The van der Waals surface area contributed by atoms with E-state index in [1.165, 1.54) is 56.8 Å². The first-order valence-corrected chi connectivity index (χ1v) is 8.50. The van der Waals surface area contributed by atoms with E-state index in [-0.39, 0.29) is 22.6 Å². The zero-order chi connectivity index (χ0) is 17.7. The van der Waals surface area contributed by atoms with Crippen LogP contribution in [0.4, 0.5) is 0 Å². The normalized spacial score (nSPS) is 10.2. The fourth-order valence-electron chi connectivity index (χ4n) is 1.71. The third-order valence-corrected chi connectivity index (χ3v) is 5.24. The molecule has 0 unspecified atom stereocenters. The van der Waals surface area contributed by atoms with Crippen LogP contribution >= 0.6 is 21.6 Å². The van der Waals surface area contributed by atoms with Crippen LogP contribution in [0, 0.1) is 0 Å². The lowest BCUT2D eigenvalue weighted by Gasteiger charge is -2.07. The number of hydrogen-bond acceptors (Lipinski definition) is 8. The summed E-state index contributed by atoms with van der Waals surface area (Å²) in [6, 6.07) is 8.55. The summed E-state index contributed by atoms with van der Waals surface area (Å²) in [5, 5.41) is 36.5. The summed E-state index contributed by atoms with van der Waals surface area (Å²) in [5.41, 5.74) is 2.71. The summed E-state index contributed by atoms with van der Waals surface area (Å²) >= 11 is 0. The molecule has 0 aliphatic rings. The smallest absolute Gasteiger partial charge is 0.278 e. The lowest BCUT2D eigenvalue weighted by molar-refractivity contribution is 0.0698. The third-order valence-electron chi connectivity index (χ3n) is 2.86. The molecule has 0 radical (unpaired) electrons. The fraction of sp³-hybridized carbons (Fsp3) is 0. The number of carbonyl (C=O) groups is 2. The Hall–Kier alpha value is -2.40. The molecule has 0 atom stereocenters. The molecule has 0 heterocycles. The molecule has 2 rings (SSSR count). The molecule has 0 fully saturated rings. The number of phenolic OH excluding ortho intramolecular Hbond substituents is 2. The maximum absolute atomic E-state index is 11.4. The van der Waals surface area contributed by atoms with E-state index in [0.29, 0.717) is 9.79 Å². The van der Waals surface area contributed by atoms with Gasteiger partial charge in [-0.2, -0.15) is 0 Å². The topological polar surface area (TPSA) is 139 Å². The van der Waals surface area contributed by atoms with Gasteiger partial charge in [-0.1, -0.05) is 21.6 Å². The highest BCUT2D eigenvalue weighted by Crippen LogP contribution is 2.39. The van der Waals surface area contributed by atoms with Crippen LogP contribution in [-0.4, -0.2) is 32.4 Å². The number of phenols is 2. The number of hydrogen-bond donors (Lipinski definition) is 6. The Morgan fingerprint density at radius 2 is 1.12 bits per heavy atom. The maximum atomic E-state index is 11.4. The lowest BCUT2D eigenvalue weighted by Crippen LogP contribution is -2.18. The highest BCUT2D eigenvalue weighted by atomic mass is 33.1. The summed E-state index contributed by atoms with van der Waals surface area (Å²) in [6.45, 7) is 0. The highest BCUT2D eigenvalue weighted by Gasteiger charge is 2.13. The predicted molar refractivity (Wildman–Crippen MR) is 86.4 cm³/mol. The summed E-state index contributed by atoms with van der Waals surface area (Å²) in [6.07, 6.45) is 0. The van der Waals surface area contributed by atoms with Crippen molar-refractivity contribution in [2.24, 2.45) is 0 Å². The monoisotopic (exact) mass is 368 g/mol. The number of carbonyl (C=O) groups excluding carboxylic acids is 2. The molecular formula is C14H12N2O6S2. The Kier molecular flexibility index (Phi) is 5.93. The van der Waals surface area contributed by atoms with Crippen molar-refractivity contribution in [3.8, 4) is 11.5 Å². The van der Waals surface area contributed by atoms with Gasteiger partial charge in [-0.15, -0.1) is 0 Å². The molecule has 10 heteroatoms. The van der Waals surface area contributed by atoms with E-state index in [4.69, 9.17) is 10.4 Å². The van der Waals surface area contributed by atoms with Crippen molar-refractivity contribution in [1.29, 1.82) is 0 Å². The lowest BCUT2D eigenvalue weighted by atomic mass is 10.2. The zero-order valence-electron chi connectivity index (χ0n) is 11.9. The van der Waals surface area contributed by atoms with Crippen LogP contribution in [0.5, 0.6) is 11.5 Å². The third kappa shape index (κ3) is 4.11. The van der Waals surface area contributed by atoms with Gasteiger partial charge in [0.2, 0.25) is 0 Å². The Balaban J connectivity index is 2.17. The molecule has 0 aliphatic heterocycles. The Labute approximate surface area is 143 Å². The van der Waals surface area contributed by atoms with Crippen LogP contribution < -0.4 is 11.0 Å². The van der Waals surface area contributed by atoms with Gasteiger partial charge in [0.1, 0.15) is 11.5 Å². The largest absolute Gasteiger partial charge is 0.507 e. The Morgan fingerprint density at radius 3 is 1.46 bits per heavy atom. The van der Waals surface area contributed by atoms with Gasteiger partial charge in [0.05, 0.1) is 11.1 Å². The number of aromatic hydroxyl groups is 2. The Morgan fingerprint density at radius 1 is 0.750 bits per heavy atom. The van der Waals surface area contributed by atoms with E-state index in [9.17, 15) is 19.8 Å².